The van der Waals surface area contributed by atoms with Crippen LogP contribution in [0.1, 0.15) is 69.1 Å². The van der Waals surface area contributed by atoms with Gasteiger partial charge in [0.05, 0.1) is 25.7 Å². The van der Waals surface area contributed by atoms with E-state index in [0.29, 0.717) is 12.1 Å². The van der Waals surface area contributed by atoms with E-state index in [1.54, 1.807) is 0 Å². The lowest BCUT2D eigenvalue weighted by Crippen LogP contribution is -3.00. The number of nitrogens with zero attached hydrogens (tertiary/aromatic N) is 1. The molecule has 0 saturated carbocycles. The van der Waals surface area contributed by atoms with Gasteiger partial charge < -0.3 is 31.3 Å². The van der Waals surface area contributed by atoms with Crippen molar-refractivity contribution in [1.82, 2.24) is 0 Å². The largest absolute Gasteiger partial charge is 1.00 e. The summed E-state index contributed by atoms with van der Waals surface area (Å²) in [5, 5.41) is 9.81. The van der Waals surface area contributed by atoms with Crippen molar-refractivity contribution < 1.29 is 36.1 Å². The third-order valence-electron chi connectivity index (χ3n) is 7.87. The Labute approximate surface area is 209 Å². The molecule has 0 aromatic heterocycles. The summed E-state index contributed by atoms with van der Waals surface area (Å²) in [4.78, 5) is 12.9. The SMILES string of the molecule is CC(C)(C)c1ccc(C[N+]2(C)[C@@H]3CC[C@H]2CC(OC(=O)C(CO)c2ccccc2)C3)cc1.[Br-]. The first-order valence-corrected chi connectivity index (χ1v) is 12.0. The van der Waals surface area contributed by atoms with E-state index in [0.717, 1.165) is 29.4 Å². The number of ether oxygens (including phenoxy) is 1. The van der Waals surface area contributed by atoms with E-state index in [9.17, 15) is 9.90 Å². The number of carbonyl (C=O) groups excluding carboxylic acids is 1. The minimum absolute atomic E-state index is 0. The standard InChI is InChI=1S/C28H38NO3.BrH/c1-28(2,3)22-12-10-20(11-13-22)18-29(4)23-14-15-24(29)17-25(16-23)32-27(31)26(19-30)21-8-6-5-7-9-21;/h5-13,23-26,30H,14-19H2,1-4H3;1H/q+1;/p-1/t23-,24+,25?,26?,29?;. The fourth-order valence-corrected chi connectivity index (χ4v) is 5.80. The van der Waals surface area contributed by atoms with E-state index in [4.69, 9.17) is 4.74 Å². The minimum Gasteiger partial charge on any atom is -1.00 e. The summed E-state index contributed by atoms with van der Waals surface area (Å²) in [7, 11) is 2.39. The van der Waals surface area contributed by atoms with Crippen LogP contribution >= 0.6 is 0 Å². The molecule has 2 aliphatic rings. The fraction of sp³-hybridized carbons (Fsp3) is 0.536. The lowest BCUT2D eigenvalue weighted by molar-refractivity contribution is -0.961. The molecule has 3 unspecified atom stereocenters. The van der Waals surface area contributed by atoms with Crippen molar-refractivity contribution in [2.45, 2.75) is 82.5 Å². The molecular formula is C28H38BrNO3. The second-order valence-electron chi connectivity index (χ2n) is 11.0. The third-order valence-corrected chi connectivity index (χ3v) is 7.87. The summed E-state index contributed by atoms with van der Waals surface area (Å²) in [6, 6.07) is 19.6. The van der Waals surface area contributed by atoms with Crippen LogP contribution < -0.4 is 17.0 Å². The van der Waals surface area contributed by atoms with Gasteiger partial charge in [0.25, 0.3) is 0 Å². The van der Waals surface area contributed by atoms with Gasteiger partial charge in [0.1, 0.15) is 18.6 Å². The first-order valence-electron chi connectivity index (χ1n) is 12.0. The number of aliphatic hydroxyl groups is 1. The molecule has 180 valence electrons. The van der Waals surface area contributed by atoms with Crippen LogP contribution in [0.25, 0.3) is 0 Å². The van der Waals surface area contributed by atoms with Crippen LogP contribution in [0.15, 0.2) is 54.6 Å². The highest BCUT2D eigenvalue weighted by Crippen LogP contribution is 2.44. The molecule has 4 nitrogen and oxygen atoms in total. The Morgan fingerprint density at radius 1 is 1.03 bits per heavy atom. The normalized spacial score (nSPS) is 27.5. The smallest absolute Gasteiger partial charge is 0.316 e. The van der Waals surface area contributed by atoms with Crippen molar-refractivity contribution in [3.05, 3.63) is 71.3 Å². The molecule has 2 aliphatic heterocycles. The van der Waals surface area contributed by atoms with E-state index >= 15 is 0 Å². The summed E-state index contributed by atoms with van der Waals surface area (Å²) >= 11 is 0. The molecule has 0 aliphatic carbocycles. The van der Waals surface area contributed by atoms with Gasteiger partial charge in [-0.3, -0.25) is 4.79 Å². The predicted octanol–water partition coefficient (Wildman–Crippen LogP) is 1.95. The van der Waals surface area contributed by atoms with Gasteiger partial charge in [-0.1, -0.05) is 75.4 Å². The van der Waals surface area contributed by atoms with Gasteiger partial charge in [-0.2, -0.15) is 0 Å². The number of hydrogen-bond donors (Lipinski definition) is 1. The van der Waals surface area contributed by atoms with Crippen molar-refractivity contribution in [3.63, 3.8) is 0 Å². The van der Waals surface area contributed by atoms with Gasteiger partial charge in [0.15, 0.2) is 0 Å². The number of hydrogen-bond acceptors (Lipinski definition) is 3. The van der Waals surface area contributed by atoms with Gasteiger partial charge in [0.2, 0.25) is 0 Å². The number of halogens is 1. The molecule has 2 aromatic rings. The highest BCUT2D eigenvalue weighted by atomic mass is 79.9. The molecule has 2 saturated heterocycles. The topological polar surface area (TPSA) is 46.5 Å². The Hall–Kier alpha value is -1.69. The summed E-state index contributed by atoms with van der Waals surface area (Å²) < 4.78 is 7.01. The van der Waals surface area contributed by atoms with Crippen molar-refractivity contribution in [3.8, 4) is 0 Å². The van der Waals surface area contributed by atoms with Crippen LogP contribution in [0.3, 0.4) is 0 Å². The van der Waals surface area contributed by atoms with E-state index in [2.05, 4.69) is 52.1 Å². The average Bonchev–Trinajstić information content (AvgIpc) is 2.91. The first-order chi connectivity index (χ1) is 15.2. The zero-order chi connectivity index (χ0) is 22.9. The van der Waals surface area contributed by atoms with Gasteiger partial charge in [0, 0.05) is 31.2 Å². The Bertz CT molecular complexity index is 908. The van der Waals surface area contributed by atoms with Crippen LogP contribution in [0.5, 0.6) is 0 Å². The van der Waals surface area contributed by atoms with Crippen molar-refractivity contribution in [2.24, 2.45) is 0 Å². The second kappa shape index (κ2) is 10.3. The number of fused-ring (bicyclic) bond motifs is 2. The third kappa shape index (κ3) is 5.52. The minimum atomic E-state index is -0.599. The zero-order valence-electron chi connectivity index (χ0n) is 20.3. The monoisotopic (exact) mass is 515 g/mol. The van der Waals surface area contributed by atoms with Gasteiger partial charge in [-0.05, 0) is 16.5 Å². The number of benzene rings is 2. The molecule has 0 amide bonds. The maximum absolute atomic E-state index is 12.9. The lowest BCUT2D eigenvalue weighted by Gasteiger charge is -2.47. The summed E-state index contributed by atoms with van der Waals surface area (Å²) in [6.07, 6.45) is 4.15. The lowest BCUT2D eigenvalue weighted by atomic mass is 9.86. The fourth-order valence-electron chi connectivity index (χ4n) is 5.80. The highest BCUT2D eigenvalue weighted by molar-refractivity contribution is 5.78. The van der Waals surface area contributed by atoms with Crippen molar-refractivity contribution in [2.75, 3.05) is 13.7 Å². The Morgan fingerprint density at radius 3 is 2.12 bits per heavy atom. The average molecular weight is 517 g/mol. The molecule has 4 rings (SSSR count). The molecule has 2 fully saturated rings. The molecule has 2 bridgehead atoms. The summed E-state index contributed by atoms with van der Waals surface area (Å²) in [5.41, 5.74) is 3.74. The molecule has 0 spiro atoms. The molecule has 0 radical (unpaired) electrons. The molecule has 1 N–H and O–H groups in total. The Balaban J connectivity index is 0.00000306. The van der Waals surface area contributed by atoms with Crippen LogP contribution in [0.4, 0.5) is 0 Å². The number of rotatable bonds is 6. The summed E-state index contributed by atoms with van der Waals surface area (Å²) in [6.45, 7) is 7.56. The Morgan fingerprint density at radius 2 is 1.61 bits per heavy atom. The highest BCUT2D eigenvalue weighted by Gasteiger charge is 2.52. The van der Waals surface area contributed by atoms with Crippen LogP contribution in [-0.4, -0.2) is 47.4 Å². The first kappa shape index (κ1) is 25.9. The molecule has 5 heteroatoms. The molecule has 5 atom stereocenters. The van der Waals surface area contributed by atoms with E-state index in [1.807, 2.05) is 30.3 Å². The number of quaternary nitrogens is 1. The quantitative estimate of drug-likeness (QED) is 0.472. The number of aliphatic hydroxyl groups excluding tert-OH is 1. The predicted molar refractivity (Wildman–Crippen MR) is 127 cm³/mol. The van der Waals surface area contributed by atoms with E-state index in [1.165, 1.54) is 24.0 Å². The van der Waals surface area contributed by atoms with Gasteiger partial charge >= 0.3 is 5.97 Å². The second-order valence-corrected chi connectivity index (χ2v) is 11.0. The zero-order valence-corrected chi connectivity index (χ0v) is 21.9. The van der Waals surface area contributed by atoms with Crippen LogP contribution in [-0.2, 0) is 21.5 Å². The molecular weight excluding hydrogens is 478 g/mol. The number of carbonyl (C=O) groups is 1. The molecule has 2 heterocycles. The number of piperidine rings is 1. The van der Waals surface area contributed by atoms with Crippen molar-refractivity contribution in [1.29, 1.82) is 0 Å². The van der Waals surface area contributed by atoms with Gasteiger partial charge in [-0.15, -0.1) is 0 Å². The maximum Gasteiger partial charge on any atom is 0.316 e. The molecule has 33 heavy (non-hydrogen) atoms. The number of esters is 1. The van der Waals surface area contributed by atoms with Crippen LogP contribution in [0, 0.1) is 0 Å². The van der Waals surface area contributed by atoms with Crippen LogP contribution in [0.2, 0.25) is 0 Å². The van der Waals surface area contributed by atoms with Crippen molar-refractivity contribution >= 4 is 5.97 Å². The Kier molecular flexibility index (Phi) is 8.08. The van der Waals surface area contributed by atoms with E-state index < -0.39 is 5.92 Å². The maximum atomic E-state index is 12.9. The molecule has 2 aromatic carbocycles. The summed E-state index contributed by atoms with van der Waals surface area (Å²) in [5.74, 6) is -0.894. The van der Waals surface area contributed by atoms with Gasteiger partial charge in [-0.25, -0.2) is 0 Å². The van der Waals surface area contributed by atoms with E-state index in [-0.39, 0.29) is 41.1 Å².